The molecule has 0 atom stereocenters. The first kappa shape index (κ1) is 8.25. The van der Waals surface area contributed by atoms with E-state index in [4.69, 9.17) is 4.84 Å². The average molecular weight is 181 g/mol. The molecule has 1 saturated heterocycles. The Morgan fingerprint density at radius 3 is 2.23 bits per heavy atom. The molecule has 3 aliphatic rings. The van der Waals surface area contributed by atoms with Crippen LogP contribution in [0.25, 0.3) is 0 Å². The fraction of sp³-hybridized carbons (Fsp3) is 1.00. The van der Waals surface area contributed by atoms with Gasteiger partial charge in [-0.05, 0) is 32.1 Å². The van der Waals surface area contributed by atoms with Gasteiger partial charge in [-0.25, -0.2) is 0 Å². The number of hydroxylamine groups is 2. The van der Waals surface area contributed by atoms with Crippen LogP contribution in [0.5, 0.6) is 0 Å². The van der Waals surface area contributed by atoms with Crippen molar-refractivity contribution in [1.82, 2.24) is 5.06 Å². The van der Waals surface area contributed by atoms with Crippen LogP contribution < -0.4 is 0 Å². The zero-order valence-corrected chi connectivity index (χ0v) is 8.51. The van der Waals surface area contributed by atoms with Crippen molar-refractivity contribution in [3.05, 3.63) is 0 Å². The summed E-state index contributed by atoms with van der Waals surface area (Å²) in [7, 11) is 2.15. The summed E-state index contributed by atoms with van der Waals surface area (Å²) < 4.78 is 0. The summed E-state index contributed by atoms with van der Waals surface area (Å²) in [6, 6.07) is 0. The van der Waals surface area contributed by atoms with Gasteiger partial charge in [0.1, 0.15) is 0 Å². The van der Waals surface area contributed by atoms with Crippen LogP contribution in [0.3, 0.4) is 0 Å². The van der Waals surface area contributed by atoms with Crippen LogP contribution in [-0.2, 0) is 4.84 Å². The summed E-state index contributed by atoms with van der Waals surface area (Å²) in [5.74, 6) is 0. The molecule has 0 amide bonds. The molecule has 2 aliphatic carbocycles. The molecule has 2 heteroatoms. The molecule has 2 spiro atoms. The van der Waals surface area contributed by atoms with E-state index in [-0.39, 0.29) is 0 Å². The third kappa shape index (κ3) is 1.15. The summed E-state index contributed by atoms with van der Waals surface area (Å²) >= 11 is 0. The van der Waals surface area contributed by atoms with Crippen molar-refractivity contribution in [3.8, 4) is 0 Å². The molecule has 1 heterocycles. The van der Waals surface area contributed by atoms with Crippen LogP contribution in [0.15, 0.2) is 0 Å². The maximum atomic E-state index is 5.99. The standard InChI is InChI=1S/C11H19NO/c1-12-10(5-3-2-4-6-10)9-11(13-12)7-8-11/h2-9H2,1H3. The summed E-state index contributed by atoms with van der Waals surface area (Å²) in [5.41, 5.74) is 0.751. The van der Waals surface area contributed by atoms with E-state index in [1.165, 1.54) is 51.4 Å². The second-order valence-electron chi connectivity index (χ2n) is 5.23. The van der Waals surface area contributed by atoms with Crippen LogP contribution in [0.4, 0.5) is 0 Å². The van der Waals surface area contributed by atoms with Gasteiger partial charge in [-0.3, -0.25) is 4.84 Å². The van der Waals surface area contributed by atoms with E-state index in [0.29, 0.717) is 11.1 Å². The first-order valence-electron chi connectivity index (χ1n) is 5.68. The van der Waals surface area contributed by atoms with Crippen LogP contribution in [0, 0.1) is 0 Å². The molecule has 13 heavy (non-hydrogen) atoms. The van der Waals surface area contributed by atoms with E-state index in [1.54, 1.807) is 0 Å². The number of hydrogen-bond donors (Lipinski definition) is 0. The minimum absolute atomic E-state index is 0.312. The Morgan fingerprint density at radius 1 is 1.00 bits per heavy atom. The predicted octanol–water partition coefficient (Wildman–Crippen LogP) is 2.49. The third-order valence-electron chi connectivity index (χ3n) is 4.24. The van der Waals surface area contributed by atoms with E-state index in [1.807, 2.05) is 0 Å². The highest BCUT2D eigenvalue weighted by atomic mass is 16.7. The Morgan fingerprint density at radius 2 is 1.69 bits per heavy atom. The highest BCUT2D eigenvalue weighted by Crippen LogP contribution is 2.56. The minimum atomic E-state index is 0.312. The lowest BCUT2D eigenvalue weighted by atomic mass is 9.78. The predicted molar refractivity (Wildman–Crippen MR) is 51.2 cm³/mol. The van der Waals surface area contributed by atoms with E-state index in [0.717, 1.165) is 0 Å². The van der Waals surface area contributed by atoms with Gasteiger partial charge >= 0.3 is 0 Å². The van der Waals surface area contributed by atoms with Crippen molar-refractivity contribution in [2.24, 2.45) is 0 Å². The molecule has 3 rings (SSSR count). The van der Waals surface area contributed by atoms with Crippen molar-refractivity contribution in [3.63, 3.8) is 0 Å². The molecule has 0 bridgehead atoms. The van der Waals surface area contributed by atoms with Crippen molar-refractivity contribution in [2.45, 2.75) is 62.5 Å². The molecule has 1 aliphatic heterocycles. The first-order valence-corrected chi connectivity index (χ1v) is 5.68. The third-order valence-corrected chi connectivity index (χ3v) is 4.24. The maximum absolute atomic E-state index is 5.99. The Balaban J connectivity index is 1.81. The fourth-order valence-electron chi connectivity index (χ4n) is 3.24. The van der Waals surface area contributed by atoms with Gasteiger partial charge in [-0.15, -0.1) is 0 Å². The van der Waals surface area contributed by atoms with Crippen molar-refractivity contribution >= 4 is 0 Å². The van der Waals surface area contributed by atoms with Gasteiger partial charge in [0, 0.05) is 12.6 Å². The Bertz CT molecular complexity index is 216. The van der Waals surface area contributed by atoms with Crippen molar-refractivity contribution in [2.75, 3.05) is 7.05 Å². The normalized spacial score (nSPS) is 35.8. The quantitative estimate of drug-likeness (QED) is 0.569. The van der Waals surface area contributed by atoms with Gasteiger partial charge in [0.25, 0.3) is 0 Å². The molecular formula is C11H19NO. The van der Waals surface area contributed by atoms with Crippen molar-refractivity contribution < 1.29 is 4.84 Å². The molecule has 2 nitrogen and oxygen atoms in total. The van der Waals surface area contributed by atoms with Crippen LogP contribution in [-0.4, -0.2) is 23.3 Å². The highest BCUT2D eigenvalue weighted by molar-refractivity contribution is 5.08. The molecule has 0 aromatic carbocycles. The van der Waals surface area contributed by atoms with Gasteiger partial charge in [0.2, 0.25) is 0 Å². The SMILES string of the molecule is CN1OC2(CC2)CC12CCCCC2. The molecule has 2 saturated carbocycles. The Hall–Kier alpha value is -0.0800. The second kappa shape index (κ2) is 2.48. The minimum Gasteiger partial charge on any atom is -0.292 e. The van der Waals surface area contributed by atoms with Gasteiger partial charge in [0.05, 0.1) is 5.60 Å². The van der Waals surface area contributed by atoms with E-state index < -0.39 is 0 Å². The highest BCUT2D eigenvalue weighted by Gasteiger charge is 2.59. The van der Waals surface area contributed by atoms with E-state index >= 15 is 0 Å². The molecule has 3 fully saturated rings. The zero-order chi connectivity index (χ0) is 8.94. The number of rotatable bonds is 0. The lowest BCUT2D eigenvalue weighted by Gasteiger charge is -2.37. The summed E-state index contributed by atoms with van der Waals surface area (Å²) in [4.78, 5) is 5.99. The molecule has 0 radical (unpaired) electrons. The zero-order valence-electron chi connectivity index (χ0n) is 8.51. The molecule has 0 aromatic heterocycles. The molecule has 0 N–H and O–H groups in total. The number of hydrogen-bond acceptors (Lipinski definition) is 2. The fourth-order valence-corrected chi connectivity index (χ4v) is 3.24. The molecular weight excluding hydrogens is 162 g/mol. The molecule has 0 aromatic rings. The Labute approximate surface area is 80.2 Å². The van der Waals surface area contributed by atoms with E-state index in [2.05, 4.69) is 12.1 Å². The summed E-state index contributed by atoms with van der Waals surface area (Å²) in [6.07, 6.45) is 10.9. The van der Waals surface area contributed by atoms with Crippen LogP contribution in [0.2, 0.25) is 0 Å². The lowest BCUT2D eigenvalue weighted by molar-refractivity contribution is -0.183. The molecule has 0 unspecified atom stereocenters. The largest absolute Gasteiger partial charge is 0.292 e. The maximum Gasteiger partial charge on any atom is 0.0920 e. The second-order valence-corrected chi connectivity index (χ2v) is 5.23. The smallest absolute Gasteiger partial charge is 0.0920 e. The Kier molecular flexibility index (Phi) is 1.58. The topological polar surface area (TPSA) is 12.5 Å². The van der Waals surface area contributed by atoms with E-state index in [9.17, 15) is 0 Å². The average Bonchev–Trinajstić information content (AvgIpc) is 2.80. The van der Waals surface area contributed by atoms with Gasteiger partial charge in [0.15, 0.2) is 0 Å². The molecule has 74 valence electrons. The van der Waals surface area contributed by atoms with Crippen LogP contribution in [0.1, 0.15) is 51.4 Å². The first-order chi connectivity index (χ1) is 6.25. The van der Waals surface area contributed by atoms with Gasteiger partial charge in [-0.2, -0.15) is 5.06 Å². The summed E-state index contributed by atoms with van der Waals surface area (Å²) in [6.45, 7) is 0. The monoisotopic (exact) mass is 181 g/mol. The lowest BCUT2D eigenvalue weighted by Crippen LogP contribution is -2.42. The van der Waals surface area contributed by atoms with Gasteiger partial charge in [-0.1, -0.05) is 19.3 Å². The van der Waals surface area contributed by atoms with Crippen LogP contribution >= 0.6 is 0 Å². The number of nitrogens with zero attached hydrogens (tertiary/aromatic N) is 1. The summed E-state index contributed by atoms with van der Waals surface area (Å²) in [5, 5.41) is 2.21. The van der Waals surface area contributed by atoms with Crippen molar-refractivity contribution in [1.29, 1.82) is 0 Å². The van der Waals surface area contributed by atoms with Gasteiger partial charge < -0.3 is 0 Å².